The van der Waals surface area contributed by atoms with Crippen LogP contribution in [-0.2, 0) is 14.3 Å². The number of aliphatic hydroxyl groups is 2. The average Bonchev–Trinajstić information content (AvgIpc) is 3.04. The van der Waals surface area contributed by atoms with Gasteiger partial charge in [0.2, 0.25) is 0 Å². The van der Waals surface area contributed by atoms with Gasteiger partial charge in [-0.2, -0.15) is 0 Å². The highest BCUT2D eigenvalue weighted by molar-refractivity contribution is 5.69. The van der Waals surface area contributed by atoms with Crippen molar-refractivity contribution in [1.82, 2.24) is 0 Å². The molecule has 5 nitrogen and oxygen atoms in total. The van der Waals surface area contributed by atoms with Crippen LogP contribution in [0.4, 0.5) is 0 Å². The number of rotatable bonds is 6. The van der Waals surface area contributed by atoms with Crippen molar-refractivity contribution in [3.8, 4) is 0 Å². The molecule has 2 N–H and O–H groups in total. The lowest BCUT2D eigenvalue weighted by Gasteiger charge is -2.62. The van der Waals surface area contributed by atoms with Gasteiger partial charge in [0.25, 0.3) is 0 Å². The van der Waals surface area contributed by atoms with E-state index in [1.54, 1.807) is 0 Å². The standard InChI is InChI=1S/C25H42O5/c1-24-12-10-20-23(21(27)14-17-13-18(26)9-11-25(17,20)2)19(24)8-7-16(24)5-4-6-22(28)30-15-29-3/h16-21,23,26-27H,4-15H2,1-3H3/t16?,17?,18-,19?,20?,21-,23?,24-,25+/m1/s1. The Labute approximate surface area is 181 Å². The minimum atomic E-state index is -0.217. The Balaban J connectivity index is 1.42. The van der Waals surface area contributed by atoms with E-state index in [0.717, 1.165) is 38.5 Å². The molecule has 0 aliphatic heterocycles. The molecule has 0 aromatic rings. The molecule has 4 rings (SSSR count). The van der Waals surface area contributed by atoms with E-state index in [1.165, 1.54) is 32.8 Å². The molecule has 4 aliphatic carbocycles. The van der Waals surface area contributed by atoms with E-state index in [4.69, 9.17) is 9.47 Å². The summed E-state index contributed by atoms with van der Waals surface area (Å²) in [6, 6.07) is 0. The molecule has 4 aliphatic rings. The van der Waals surface area contributed by atoms with Crippen molar-refractivity contribution in [2.75, 3.05) is 13.9 Å². The zero-order valence-electron chi connectivity index (χ0n) is 19.1. The highest BCUT2D eigenvalue weighted by Crippen LogP contribution is 2.67. The Morgan fingerprint density at radius 3 is 2.50 bits per heavy atom. The Bertz CT molecular complexity index is 623. The number of carbonyl (C=O) groups is 1. The normalized spacial score (nSPS) is 47.8. The van der Waals surface area contributed by atoms with Gasteiger partial charge in [0.1, 0.15) is 0 Å². The molecule has 5 unspecified atom stereocenters. The maximum Gasteiger partial charge on any atom is 0.307 e. The molecule has 0 radical (unpaired) electrons. The molecule has 0 heterocycles. The first-order valence-corrected chi connectivity index (χ1v) is 12.3. The Morgan fingerprint density at radius 2 is 1.73 bits per heavy atom. The average molecular weight is 423 g/mol. The van der Waals surface area contributed by atoms with Crippen molar-refractivity contribution in [2.24, 2.45) is 40.4 Å². The van der Waals surface area contributed by atoms with E-state index in [2.05, 4.69) is 13.8 Å². The van der Waals surface area contributed by atoms with Crippen molar-refractivity contribution < 1.29 is 24.5 Å². The van der Waals surface area contributed by atoms with Crippen LogP contribution in [-0.4, -0.2) is 42.3 Å². The number of carbonyl (C=O) groups excluding carboxylic acids is 1. The number of ether oxygens (including phenoxy) is 2. The van der Waals surface area contributed by atoms with E-state index in [9.17, 15) is 15.0 Å². The van der Waals surface area contributed by atoms with E-state index in [-0.39, 0.29) is 35.8 Å². The minimum absolute atomic E-state index is 0.0415. The Hall–Kier alpha value is -0.650. The highest BCUT2D eigenvalue weighted by atomic mass is 16.7. The summed E-state index contributed by atoms with van der Waals surface area (Å²) < 4.78 is 9.84. The lowest BCUT2D eigenvalue weighted by atomic mass is 9.44. The summed E-state index contributed by atoms with van der Waals surface area (Å²) in [5.74, 6) is 2.56. The second-order valence-electron chi connectivity index (χ2n) is 11.4. The first-order chi connectivity index (χ1) is 14.3. The van der Waals surface area contributed by atoms with Crippen LogP contribution in [0.15, 0.2) is 0 Å². The van der Waals surface area contributed by atoms with Crippen LogP contribution in [0.25, 0.3) is 0 Å². The Kier molecular flexibility index (Phi) is 6.54. The maximum absolute atomic E-state index is 11.8. The van der Waals surface area contributed by atoms with Gasteiger partial charge in [0.05, 0.1) is 12.2 Å². The molecule has 0 aromatic heterocycles. The fourth-order valence-electron chi connectivity index (χ4n) is 8.47. The number of fused-ring (bicyclic) bond motifs is 5. The first-order valence-electron chi connectivity index (χ1n) is 12.3. The topological polar surface area (TPSA) is 76.0 Å². The van der Waals surface area contributed by atoms with Gasteiger partial charge in [-0.15, -0.1) is 0 Å². The molecule has 5 heteroatoms. The van der Waals surface area contributed by atoms with Crippen LogP contribution in [0.5, 0.6) is 0 Å². The number of aliphatic hydroxyl groups excluding tert-OH is 2. The summed E-state index contributed by atoms with van der Waals surface area (Å²) in [6.45, 7) is 4.98. The molecule has 0 spiro atoms. The molecule has 4 fully saturated rings. The smallest absolute Gasteiger partial charge is 0.307 e. The van der Waals surface area contributed by atoms with Crippen LogP contribution in [0, 0.1) is 40.4 Å². The molecular formula is C25H42O5. The third kappa shape index (κ3) is 3.84. The van der Waals surface area contributed by atoms with Crippen LogP contribution in [0.2, 0.25) is 0 Å². The monoisotopic (exact) mass is 422 g/mol. The number of esters is 1. The maximum atomic E-state index is 11.8. The molecule has 0 aromatic carbocycles. The van der Waals surface area contributed by atoms with Gasteiger partial charge in [-0.25, -0.2) is 0 Å². The summed E-state index contributed by atoms with van der Waals surface area (Å²) in [5, 5.41) is 21.5. The molecule has 0 saturated heterocycles. The van der Waals surface area contributed by atoms with E-state index < -0.39 is 0 Å². The summed E-state index contributed by atoms with van der Waals surface area (Å²) in [5.41, 5.74) is 0.573. The van der Waals surface area contributed by atoms with Crippen molar-refractivity contribution in [3.63, 3.8) is 0 Å². The third-order valence-corrected chi connectivity index (χ3v) is 10.1. The van der Waals surface area contributed by atoms with Crippen LogP contribution in [0.3, 0.4) is 0 Å². The third-order valence-electron chi connectivity index (χ3n) is 10.1. The molecular weight excluding hydrogens is 380 g/mol. The summed E-state index contributed by atoms with van der Waals surface area (Å²) in [7, 11) is 1.53. The second kappa shape index (κ2) is 8.71. The Morgan fingerprint density at radius 1 is 1.00 bits per heavy atom. The SMILES string of the molecule is COCOC(=O)CCCC1CCC2C3C(CC[C@]12C)[C@@]1(C)CC[C@@H](O)CC1C[C@H]3O. The predicted molar refractivity (Wildman–Crippen MR) is 114 cm³/mol. The number of methoxy groups -OCH3 is 1. The lowest BCUT2D eigenvalue weighted by Crippen LogP contribution is -2.58. The number of hydrogen-bond donors (Lipinski definition) is 2. The predicted octanol–water partition coefficient (Wildman–Crippen LogP) is 4.29. The van der Waals surface area contributed by atoms with Gasteiger partial charge >= 0.3 is 5.97 Å². The lowest BCUT2D eigenvalue weighted by molar-refractivity contribution is -0.172. The zero-order chi connectivity index (χ0) is 21.5. The molecule has 9 atom stereocenters. The van der Waals surface area contributed by atoms with Gasteiger partial charge in [0.15, 0.2) is 6.79 Å². The van der Waals surface area contributed by atoms with Crippen molar-refractivity contribution >= 4 is 5.97 Å². The van der Waals surface area contributed by atoms with E-state index >= 15 is 0 Å². The van der Waals surface area contributed by atoms with E-state index in [0.29, 0.717) is 36.0 Å². The summed E-state index contributed by atoms with van der Waals surface area (Å²) in [4.78, 5) is 11.8. The van der Waals surface area contributed by atoms with Crippen LogP contribution in [0.1, 0.15) is 84.5 Å². The van der Waals surface area contributed by atoms with Crippen molar-refractivity contribution in [1.29, 1.82) is 0 Å². The summed E-state index contributed by atoms with van der Waals surface area (Å²) >= 11 is 0. The van der Waals surface area contributed by atoms with Gasteiger partial charge in [-0.1, -0.05) is 13.8 Å². The molecule has 0 amide bonds. The molecule has 4 saturated carbocycles. The van der Waals surface area contributed by atoms with Crippen LogP contribution < -0.4 is 0 Å². The zero-order valence-corrected chi connectivity index (χ0v) is 19.1. The highest BCUT2D eigenvalue weighted by Gasteiger charge is 2.62. The first kappa shape index (κ1) is 22.5. The van der Waals surface area contributed by atoms with Gasteiger partial charge < -0.3 is 19.7 Å². The number of hydrogen-bond acceptors (Lipinski definition) is 5. The fraction of sp³-hybridized carbons (Fsp3) is 0.960. The minimum Gasteiger partial charge on any atom is -0.438 e. The molecule has 172 valence electrons. The molecule has 30 heavy (non-hydrogen) atoms. The van der Waals surface area contributed by atoms with Gasteiger partial charge in [0, 0.05) is 13.5 Å². The second-order valence-corrected chi connectivity index (χ2v) is 11.4. The fourth-order valence-corrected chi connectivity index (χ4v) is 8.47. The van der Waals surface area contributed by atoms with Gasteiger partial charge in [-0.3, -0.25) is 4.79 Å². The van der Waals surface area contributed by atoms with Crippen molar-refractivity contribution in [2.45, 2.75) is 96.7 Å². The van der Waals surface area contributed by atoms with Gasteiger partial charge in [-0.05, 0) is 105 Å². The largest absolute Gasteiger partial charge is 0.438 e. The summed E-state index contributed by atoms with van der Waals surface area (Å²) in [6.07, 6.45) is 10.7. The molecule has 0 bridgehead atoms. The van der Waals surface area contributed by atoms with Crippen LogP contribution >= 0.6 is 0 Å². The quantitative estimate of drug-likeness (QED) is 0.493. The van der Waals surface area contributed by atoms with E-state index in [1.807, 2.05) is 0 Å². The van der Waals surface area contributed by atoms with Crippen molar-refractivity contribution in [3.05, 3.63) is 0 Å².